The van der Waals surface area contributed by atoms with Gasteiger partial charge in [0.2, 0.25) is 0 Å². The maximum absolute atomic E-state index is 11.9. The molecule has 0 heterocycles. The summed E-state index contributed by atoms with van der Waals surface area (Å²) in [6.45, 7) is 18.6. The zero-order valence-corrected chi connectivity index (χ0v) is 38.8. The van der Waals surface area contributed by atoms with Crippen LogP contribution in [0.4, 0.5) is 5.69 Å². The number of ketones is 1. The van der Waals surface area contributed by atoms with Crippen molar-refractivity contribution in [3.63, 3.8) is 0 Å². The van der Waals surface area contributed by atoms with Gasteiger partial charge in [-0.2, -0.15) is 19.2 Å². The summed E-state index contributed by atoms with van der Waals surface area (Å²) in [5.74, 6) is -0.817. The van der Waals surface area contributed by atoms with Crippen LogP contribution < -0.4 is 0 Å². The molecule has 63 heavy (non-hydrogen) atoms. The zero-order valence-electron chi connectivity index (χ0n) is 38.8. The van der Waals surface area contributed by atoms with E-state index in [1.807, 2.05) is 33.8 Å². The van der Waals surface area contributed by atoms with E-state index in [2.05, 4.69) is 40.7 Å². The van der Waals surface area contributed by atoms with Crippen LogP contribution in [0.3, 0.4) is 0 Å². The third kappa shape index (κ3) is 21.1. The van der Waals surface area contributed by atoms with Gasteiger partial charge in [-0.1, -0.05) is 75.7 Å². The molecule has 4 rings (SSSR count). The fraction of sp³-hybridized carbons (Fsp3) is 0.468. The number of methoxy groups -OCH3 is 4. The molecule has 0 atom stereocenters. The lowest BCUT2D eigenvalue weighted by molar-refractivity contribution is -0.385. The van der Waals surface area contributed by atoms with Crippen molar-refractivity contribution < 1.29 is 67.0 Å². The Morgan fingerprint density at radius 3 is 1.60 bits per heavy atom. The summed E-state index contributed by atoms with van der Waals surface area (Å²) < 4.78 is 18.5. The van der Waals surface area contributed by atoms with Crippen LogP contribution in [0.1, 0.15) is 99.1 Å². The van der Waals surface area contributed by atoms with Crippen molar-refractivity contribution in [3.8, 4) is 0 Å². The van der Waals surface area contributed by atoms with E-state index >= 15 is 0 Å². The predicted molar refractivity (Wildman–Crippen MR) is 229 cm³/mol. The van der Waals surface area contributed by atoms with Crippen molar-refractivity contribution in [1.29, 1.82) is 0 Å². The van der Waals surface area contributed by atoms with Gasteiger partial charge in [-0.3, -0.25) is 29.3 Å². The van der Waals surface area contributed by atoms with E-state index in [-0.39, 0.29) is 65.4 Å². The number of nitro groups is 1. The third-order valence-corrected chi connectivity index (χ3v) is 9.35. The average Bonchev–Trinajstić information content (AvgIpc) is 3.22. The Kier molecular flexibility index (Phi) is 26.0. The number of nitro benzene ring substituents is 1. The molecule has 0 radical (unpaired) electrons. The van der Waals surface area contributed by atoms with E-state index in [9.17, 15) is 34.1 Å². The number of fused-ring (bicyclic) bond motifs is 1. The van der Waals surface area contributed by atoms with Crippen LogP contribution in [0, 0.1) is 46.1 Å². The van der Waals surface area contributed by atoms with Crippen molar-refractivity contribution in [1.82, 2.24) is 0 Å². The van der Waals surface area contributed by atoms with E-state index in [0.717, 1.165) is 28.7 Å². The molecule has 0 aromatic heterocycles. The maximum Gasteiger partial charge on any atom is 0.373 e. The molecule has 1 aliphatic rings. The van der Waals surface area contributed by atoms with E-state index < -0.39 is 15.8 Å². The number of ether oxygens (including phenoxy) is 4. The standard InChI is InChI=1S/C14H16O3.C13H17NO4.C13H18O2.C5H10O2.2CO2/c1-14(2)8-10-5-4-9(13(16)17-3)6-11(10)7-12(14)15;1-9-5-6-10(11(7-9)14(16)17)8-13(2,3)12(15)18-4;1-10-5-7-11(8-6-10)9-13(2,3)12(14)15-4;1-4(2)5(6)7-3;2*2-1-3/h4-6H,7-8H2,1-3H3;5-7H,8H2,1-4H3;5-8H,9H2,1-4H3;4H,1-3H3;;. The lowest BCUT2D eigenvalue weighted by atomic mass is 9.73. The predicted octanol–water partition coefficient (Wildman–Crippen LogP) is 7.20. The first-order valence-electron chi connectivity index (χ1n) is 19.4. The first-order chi connectivity index (χ1) is 29.2. The molecular weight excluding hydrogens is 819 g/mol. The highest BCUT2D eigenvalue weighted by molar-refractivity contribution is 5.92. The van der Waals surface area contributed by atoms with Gasteiger partial charge in [-0.05, 0) is 95.2 Å². The van der Waals surface area contributed by atoms with Crippen LogP contribution in [0.2, 0.25) is 0 Å². The summed E-state index contributed by atoms with van der Waals surface area (Å²) in [4.78, 5) is 99.7. The average molecular weight is 880 g/mol. The van der Waals surface area contributed by atoms with Crippen LogP contribution in [-0.2, 0) is 83.0 Å². The van der Waals surface area contributed by atoms with Gasteiger partial charge < -0.3 is 18.9 Å². The SMILES string of the molecule is COC(=O)C(C)(C)Cc1ccc(C)cc1.COC(=O)C(C)(C)Cc1ccc(C)cc1[N+](=O)[O-].COC(=O)C(C)C.COC(=O)c1ccc2c(c1)CC(=O)C(C)(C)C2.O=C=O.O=C=O. The number of Topliss-reactive ketones (excluding diaryl/α,β-unsaturated/α-hetero) is 1. The van der Waals surface area contributed by atoms with E-state index in [1.54, 1.807) is 58.9 Å². The third-order valence-electron chi connectivity index (χ3n) is 9.35. The smallest absolute Gasteiger partial charge is 0.373 e. The van der Waals surface area contributed by atoms with Gasteiger partial charge in [0.1, 0.15) is 5.78 Å². The first kappa shape index (κ1) is 58.5. The molecule has 3 aromatic carbocycles. The van der Waals surface area contributed by atoms with Crippen LogP contribution in [0.15, 0.2) is 60.7 Å². The van der Waals surface area contributed by atoms with E-state index in [4.69, 9.17) is 28.7 Å². The van der Waals surface area contributed by atoms with Gasteiger partial charge in [0.15, 0.2) is 0 Å². The molecule has 0 bridgehead atoms. The normalized spacial score (nSPS) is 11.8. The highest BCUT2D eigenvalue weighted by Crippen LogP contribution is 2.33. The topological polar surface area (TPSA) is 234 Å². The van der Waals surface area contributed by atoms with Gasteiger partial charge in [0, 0.05) is 23.5 Å². The quantitative estimate of drug-likeness (QED) is 0.0895. The number of esters is 4. The number of carbonyl (C=O) groups is 5. The highest BCUT2D eigenvalue weighted by atomic mass is 16.6. The van der Waals surface area contributed by atoms with Crippen LogP contribution in [-0.4, -0.2) is 75.3 Å². The Labute approximate surface area is 369 Å². The molecule has 16 heteroatoms. The monoisotopic (exact) mass is 879 g/mol. The summed E-state index contributed by atoms with van der Waals surface area (Å²) in [5.41, 5.74) is 4.90. The molecule has 0 fully saturated rings. The molecule has 0 saturated carbocycles. The van der Waals surface area contributed by atoms with Gasteiger partial charge >= 0.3 is 36.2 Å². The summed E-state index contributed by atoms with van der Waals surface area (Å²) in [6.07, 6.45) is 2.63. The number of carbonyl (C=O) groups excluding carboxylic acids is 9. The second-order valence-corrected chi connectivity index (χ2v) is 16.5. The first-order valence-corrected chi connectivity index (χ1v) is 19.4. The summed E-state index contributed by atoms with van der Waals surface area (Å²) in [6, 6.07) is 18.7. The number of hydrogen-bond donors (Lipinski definition) is 0. The molecule has 3 aromatic rings. The summed E-state index contributed by atoms with van der Waals surface area (Å²) >= 11 is 0. The van der Waals surface area contributed by atoms with Crippen LogP contribution in [0.5, 0.6) is 0 Å². The highest BCUT2D eigenvalue weighted by Gasteiger charge is 2.34. The second-order valence-electron chi connectivity index (χ2n) is 16.5. The van der Waals surface area contributed by atoms with E-state index in [0.29, 0.717) is 24.0 Å². The molecule has 0 amide bonds. The number of hydrogen-bond acceptors (Lipinski definition) is 15. The minimum atomic E-state index is -0.783. The number of aryl methyl sites for hydroxylation is 2. The fourth-order valence-corrected chi connectivity index (χ4v) is 5.81. The maximum atomic E-state index is 11.9. The Hall–Kier alpha value is -6.63. The molecule has 16 nitrogen and oxygen atoms in total. The molecule has 0 N–H and O–H groups in total. The van der Waals surface area contributed by atoms with Crippen molar-refractivity contribution in [2.45, 2.75) is 94.9 Å². The Bertz CT molecular complexity index is 2060. The van der Waals surface area contributed by atoms with Crippen LogP contribution >= 0.6 is 0 Å². The molecule has 0 spiro atoms. The number of nitrogens with zero attached hydrogens (tertiary/aromatic N) is 1. The molecular formula is C47H61NO15. The minimum absolute atomic E-state index is 0.00463. The lowest BCUT2D eigenvalue weighted by Gasteiger charge is -2.29. The largest absolute Gasteiger partial charge is 0.469 e. The summed E-state index contributed by atoms with van der Waals surface area (Å²) in [5, 5.41) is 11.0. The van der Waals surface area contributed by atoms with Crippen molar-refractivity contribution in [2.24, 2.45) is 22.2 Å². The Morgan fingerprint density at radius 1 is 0.714 bits per heavy atom. The Balaban J connectivity index is 0. The van der Waals surface area contributed by atoms with Crippen molar-refractivity contribution >= 4 is 47.7 Å². The number of benzene rings is 3. The molecule has 0 unspecified atom stereocenters. The zero-order chi connectivity index (χ0) is 49.3. The fourth-order valence-electron chi connectivity index (χ4n) is 5.81. The van der Waals surface area contributed by atoms with Gasteiger partial charge in [-0.15, -0.1) is 0 Å². The van der Waals surface area contributed by atoms with Crippen molar-refractivity contribution in [3.05, 3.63) is 110 Å². The van der Waals surface area contributed by atoms with Gasteiger partial charge in [0.05, 0.1) is 55.7 Å². The minimum Gasteiger partial charge on any atom is -0.469 e. The molecule has 1 aliphatic carbocycles. The van der Waals surface area contributed by atoms with Crippen LogP contribution in [0.25, 0.3) is 0 Å². The van der Waals surface area contributed by atoms with E-state index in [1.165, 1.54) is 40.1 Å². The lowest BCUT2D eigenvalue weighted by Crippen LogP contribution is -2.33. The molecule has 0 saturated heterocycles. The van der Waals surface area contributed by atoms with Gasteiger partial charge in [-0.25, -0.2) is 4.79 Å². The summed E-state index contributed by atoms with van der Waals surface area (Å²) in [7, 11) is 5.49. The number of rotatable bonds is 9. The second kappa shape index (κ2) is 28.1. The molecule has 344 valence electrons. The molecule has 0 aliphatic heterocycles. The van der Waals surface area contributed by atoms with Gasteiger partial charge in [0.25, 0.3) is 5.69 Å². The Morgan fingerprint density at radius 2 is 1.19 bits per heavy atom. The van der Waals surface area contributed by atoms with Crippen molar-refractivity contribution in [2.75, 3.05) is 28.4 Å².